The van der Waals surface area contributed by atoms with Crippen LogP contribution in [0, 0.1) is 0 Å². The predicted molar refractivity (Wildman–Crippen MR) is 125 cm³/mol. The average molecular weight is 454 g/mol. The second-order valence-electron chi connectivity index (χ2n) is 7.48. The van der Waals surface area contributed by atoms with Gasteiger partial charge >= 0.3 is 0 Å². The number of hydrogen-bond acceptors (Lipinski definition) is 6. The molecule has 3 aromatic rings. The van der Waals surface area contributed by atoms with Crippen molar-refractivity contribution in [3.63, 3.8) is 0 Å². The molecule has 168 valence electrons. The number of anilines is 1. The van der Waals surface area contributed by atoms with Crippen molar-refractivity contribution in [1.29, 1.82) is 0 Å². The highest BCUT2D eigenvalue weighted by Gasteiger charge is 2.13. The Morgan fingerprint density at radius 3 is 2.38 bits per heavy atom. The maximum atomic E-state index is 12.3. The Hall–Kier alpha value is -3.33. The van der Waals surface area contributed by atoms with E-state index in [9.17, 15) is 9.59 Å². The number of aromatic nitrogens is 3. The van der Waals surface area contributed by atoms with E-state index in [-0.39, 0.29) is 24.1 Å². The van der Waals surface area contributed by atoms with E-state index in [1.807, 2.05) is 24.3 Å². The molecule has 0 spiro atoms. The molecule has 0 atom stereocenters. The number of hydrogen-bond donors (Lipinski definition) is 2. The van der Waals surface area contributed by atoms with E-state index in [1.54, 1.807) is 43.0 Å². The lowest BCUT2D eigenvalue weighted by Gasteiger charge is -2.08. The summed E-state index contributed by atoms with van der Waals surface area (Å²) in [5.74, 6) is 1.60. The minimum Gasteiger partial charge on any atom is -0.497 e. The highest BCUT2D eigenvalue weighted by atomic mass is 32.2. The van der Waals surface area contributed by atoms with Gasteiger partial charge in [-0.05, 0) is 47.9 Å². The van der Waals surface area contributed by atoms with Crippen LogP contribution >= 0.6 is 11.8 Å². The molecular weight excluding hydrogens is 426 g/mol. The molecule has 0 aliphatic heterocycles. The lowest BCUT2D eigenvalue weighted by molar-refractivity contribution is -0.113. The number of methoxy groups -OCH3 is 1. The van der Waals surface area contributed by atoms with Gasteiger partial charge in [0, 0.05) is 18.3 Å². The summed E-state index contributed by atoms with van der Waals surface area (Å²) in [5.41, 5.74) is 2.52. The first-order valence-electron chi connectivity index (χ1n) is 10.2. The van der Waals surface area contributed by atoms with Gasteiger partial charge in [0.05, 0.1) is 19.4 Å². The maximum Gasteiger partial charge on any atom is 0.251 e. The predicted octanol–water partition coefficient (Wildman–Crippen LogP) is 3.61. The molecule has 0 bridgehead atoms. The van der Waals surface area contributed by atoms with E-state index < -0.39 is 0 Å². The van der Waals surface area contributed by atoms with Crippen molar-refractivity contribution >= 4 is 29.3 Å². The van der Waals surface area contributed by atoms with E-state index in [0.717, 1.165) is 5.69 Å². The fourth-order valence-corrected chi connectivity index (χ4v) is 3.64. The highest BCUT2D eigenvalue weighted by molar-refractivity contribution is 7.99. The summed E-state index contributed by atoms with van der Waals surface area (Å²) in [6.45, 7) is 4.48. The minimum atomic E-state index is -0.215. The molecule has 0 aliphatic rings. The monoisotopic (exact) mass is 453 g/mol. The number of rotatable bonds is 9. The summed E-state index contributed by atoms with van der Waals surface area (Å²) in [5, 5.41) is 14.6. The van der Waals surface area contributed by atoms with Crippen LogP contribution < -0.4 is 15.4 Å². The van der Waals surface area contributed by atoms with E-state index in [0.29, 0.717) is 28.2 Å². The van der Waals surface area contributed by atoms with Crippen LogP contribution in [0.25, 0.3) is 0 Å². The molecule has 2 aromatic carbocycles. The van der Waals surface area contributed by atoms with E-state index in [4.69, 9.17) is 4.74 Å². The first-order valence-corrected chi connectivity index (χ1v) is 11.2. The number of carbonyl (C=O) groups is 2. The van der Waals surface area contributed by atoms with Gasteiger partial charge in [-0.25, -0.2) is 0 Å². The first-order chi connectivity index (χ1) is 15.4. The number of benzene rings is 2. The van der Waals surface area contributed by atoms with Gasteiger partial charge in [-0.1, -0.05) is 37.7 Å². The fourth-order valence-electron chi connectivity index (χ4n) is 2.91. The summed E-state index contributed by atoms with van der Waals surface area (Å²) >= 11 is 1.29. The fraction of sp³-hybridized carbons (Fsp3) is 0.304. The molecule has 8 nitrogen and oxygen atoms in total. The zero-order chi connectivity index (χ0) is 23.1. The molecular formula is C23H27N5O3S. The summed E-state index contributed by atoms with van der Waals surface area (Å²) < 4.78 is 6.87. The first kappa shape index (κ1) is 23.3. The van der Waals surface area contributed by atoms with Crippen LogP contribution in [-0.4, -0.2) is 39.4 Å². The van der Waals surface area contributed by atoms with Gasteiger partial charge in [0.25, 0.3) is 5.91 Å². The molecule has 3 rings (SSSR count). The van der Waals surface area contributed by atoms with Crippen molar-refractivity contribution in [3.05, 3.63) is 65.5 Å². The zero-order valence-electron chi connectivity index (χ0n) is 18.6. The van der Waals surface area contributed by atoms with Crippen LogP contribution in [0.3, 0.4) is 0 Å². The summed E-state index contributed by atoms with van der Waals surface area (Å²) in [6.07, 6.45) is 0. The molecule has 1 heterocycles. The molecule has 0 aliphatic carbocycles. The Kier molecular flexibility index (Phi) is 7.88. The Morgan fingerprint density at radius 1 is 1.06 bits per heavy atom. The van der Waals surface area contributed by atoms with Crippen molar-refractivity contribution in [2.75, 3.05) is 18.2 Å². The number of nitrogens with one attached hydrogen (secondary N) is 2. The minimum absolute atomic E-state index is 0.121. The second kappa shape index (κ2) is 10.8. The third-order valence-corrected chi connectivity index (χ3v) is 5.90. The molecule has 9 heteroatoms. The largest absolute Gasteiger partial charge is 0.497 e. The van der Waals surface area contributed by atoms with Crippen molar-refractivity contribution in [2.24, 2.45) is 7.05 Å². The lowest BCUT2D eigenvalue weighted by atomic mass is 10.0. The molecule has 0 saturated carbocycles. The van der Waals surface area contributed by atoms with Crippen LogP contribution in [0.4, 0.5) is 5.69 Å². The normalized spacial score (nSPS) is 10.8. The summed E-state index contributed by atoms with van der Waals surface area (Å²) in [4.78, 5) is 24.6. The zero-order valence-corrected chi connectivity index (χ0v) is 19.4. The van der Waals surface area contributed by atoms with Gasteiger partial charge in [0.2, 0.25) is 5.91 Å². The Morgan fingerprint density at radius 2 is 1.75 bits per heavy atom. The lowest BCUT2D eigenvalue weighted by Crippen LogP contribution is -2.24. The molecule has 0 radical (unpaired) electrons. The SMILES string of the molecule is COc1ccc(C(=O)NCc2nnc(SCC(=O)Nc3ccc(C(C)C)cc3)n2C)cc1. The topological polar surface area (TPSA) is 98.1 Å². The number of ether oxygens (including phenoxy) is 1. The van der Waals surface area contributed by atoms with Crippen molar-refractivity contribution in [1.82, 2.24) is 20.1 Å². The van der Waals surface area contributed by atoms with Crippen molar-refractivity contribution in [2.45, 2.75) is 31.5 Å². The Balaban J connectivity index is 1.49. The van der Waals surface area contributed by atoms with Gasteiger partial charge in [-0.3, -0.25) is 9.59 Å². The standard InChI is InChI=1S/C23H27N5O3S/c1-15(2)16-5-9-18(10-6-16)25-21(29)14-32-23-27-26-20(28(23)3)13-24-22(30)17-7-11-19(31-4)12-8-17/h5-12,15H,13-14H2,1-4H3,(H,24,30)(H,25,29). The van der Waals surface area contributed by atoms with Crippen LogP contribution in [0.2, 0.25) is 0 Å². The summed E-state index contributed by atoms with van der Waals surface area (Å²) in [6, 6.07) is 14.7. The van der Waals surface area contributed by atoms with Crippen LogP contribution in [0.15, 0.2) is 53.7 Å². The van der Waals surface area contributed by atoms with Crippen LogP contribution in [-0.2, 0) is 18.4 Å². The van der Waals surface area contributed by atoms with E-state index >= 15 is 0 Å². The molecule has 0 fully saturated rings. The Labute approximate surface area is 191 Å². The molecule has 0 unspecified atom stereocenters. The molecule has 1 aromatic heterocycles. The van der Waals surface area contributed by atoms with E-state index in [2.05, 4.69) is 34.7 Å². The van der Waals surface area contributed by atoms with Crippen molar-refractivity contribution in [3.8, 4) is 5.75 Å². The molecule has 2 amide bonds. The van der Waals surface area contributed by atoms with Gasteiger partial charge in [-0.15, -0.1) is 10.2 Å². The smallest absolute Gasteiger partial charge is 0.251 e. The Bertz CT molecular complexity index is 1060. The second-order valence-corrected chi connectivity index (χ2v) is 8.43. The van der Waals surface area contributed by atoms with Crippen LogP contribution in [0.5, 0.6) is 5.75 Å². The summed E-state index contributed by atoms with van der Waals surface area (Å²) in [7, 11) is 3.38. The number of nitrogens with zero attached hydrogens (tertiary/aromatic N) is 3. The van der Waals surface area contributed by atoms with Crippen molar-refractivity contribution < 1.29 is 14.3 Å². The third kappa shape index (κ3) is 6.10. The molecule has 2 N–H and O–H groups in total. The number of thioether (sulfide) groups is 1. The average Bonchev–Trinajstić information content (AvgIpc) is 3.15. The highest BCUT2D eigenvalue weighted by Crippen LogP contribution is 2.19. The van der Waals surface area contributed by atoms with E-state index in [1.165, 1.54) is 17.3 Å². The maximum absolute atomic E-state index is 12.3. The van der Waals surface area contributed by atoms with Gasteiger partial charge < -0.3 is 19.9 Å². The van der Waals surface area contributed by atoms with Crippen LogP contribution in [0.1, 0.15) is 41.5 Å². The number of amides is 2. The third-order valence-electron chi connectivity index (χ3n) is 4.88. The van der Waals surface area contributed by atoms with Gasteiger partial charge in [-0.2, -0.15) is 0 Å². The molecule has 32 heavy (non-hydrogen) atoms. The quantitative estimate of drug-likeness (QED) is 0.481. The van der Waals surface area contributed by atoms with Gasteiger partial charge in [0.1, 0.15) is 5.75 Å². The number of carbonyl (C=O) groups excluding carboxylic acids is 2. The molecule has 0 saturated heterocycles. The van der Waals surface area contributed by atoms with Gasteiger partial charge in [0.15, 0.2) is 11.0 Å².